The van der Waals surface area contributed by atoms with E-state index in [1.165, 1.54) is 7.05 Å². The first kappa shape index (κ1) is 14.6. The van der Waals surface area contributed by atoms with Gasteiger partial charge in [-0.15, -0.1) is 0 Å². The Morgan fingerprint density at radius 3 is 2.39 bits per heavy atom. The quantitative estimate of drug-likeness (QED) is 0.852. The van der Waals surface area contributed by atoms with E-state index in [2.05, 4.69) is 4.98 Å². The smallest absolute Gasteiger partial charge is 0.354 e. The van der Waals surface area contributed by atoms with Crippen LogP contribution in [0.15, 0.2) is 12.1 Å². The fourth-order valence-electron chi connectivity index (χ4n) is 1.42. The summed E-state index contributed by atoms with van der Waals surface area (Å²) in [5.74, 6) is -0.173. The van der Waals surface area contributed by atoms with Crippen LogP contribution in [0.25, 0.3) is 0 Å². The molecule has 0 fully saturated rings. The zero-order chi connectivity index (χ0) is 13.9. The van der Waals surface area contributed by atoms with E-state index in [1.807, 2.05) is 0 Å². The van der Waals surface area contributed by atoms with Crippen LogP contribution < -0.4 is 10.6 Å². The van der Waals surface area contributed by atoms with Crippen LogP contribution in [0.1, 0.15) is 11.3 Å². The molecule has 0 amide bonds. The standard InChI is InChI=1S/C10H12F5N3/c1-18(5-8(11)12)9-6(4-16)2-3-7(17-9)10(13,14)15/h2-3,8H,4-5,16H2,1H3. The molecule has 2 N–H and O–H groups in total. The fourth-order valence-corrected chi connectivity index (χ4v) is 1.42. The molecule has 1 aromatic rings. The molecule has 0 aliphatic heterocycles. The summed E-state index contributed by atoms with van der Waals surface area (Å²) in [5.41, 5.74) is 4.50. The van der Waals surface area contributed by atoms with Crippen molar-refractivity contribution in [3.8, 4) is 0 Å². The average molecular weight is 269 g/mol. The second kappa shape index (κ2) is 5.47. The Bertz CT molecular complexity index is 405. The maximum atomic E-state index is 12.5. The molecule has 0 saturated heterocycles. The third-order valence-electron chi connectivity index (χ3n) is 2.24. The first-order valence-corrected chi connectivity index (χ1v) is 5.02. The minimum atomic E-state index is -4.62. The third-order valence-corrected chi connectivity index (χ3v) is 2.24. The van der Waals surface area contributed by atoms with E-state index in [1.54, 1.807) is 0 Å². The Morgan fingerprint density at radius 2 is 1.94 bits per heavy atom. The lowest BCUT2D eigenvalue weighted by atomic mass is 10.2. The molecular weight excluding hydrogens is 257 g/mol. The number of hydrogen-bond donors (Lipinski definition) is 1. The van der Waals surface area contributed by atoms with Crippen molar-refractivity contribution in [2.45, 2.75) is 19.1 Å². The van der Waals surface area contributed by atoms with E-state index in [0.29, 0.717) is 0 Å². The summed E-state index contributed by atoms with van der Waals surface area (Å²) in [6, 6.07) is 1.93. The number of nitrogens with two attached hydrogens (primary N) is 1. The number of alkyl halides is 5. The molecule has 102 valence electrons. The van der Waals surface area contributed by atoms with Crippen molar-refractivity contribution in [1.29, 1.82) is 0 Å². The molecular formula is C10H12F5N3. The number of aromatic nitrogens is 1. The lowest BCUT2D eigenvalue weighted by Crippen LogP contribution is -2.27. The molecule has 0 unspecified atom stereocenters. The normalized spacial score (nSPS) is 12.0. The molecule has 3 nitrogen and oxygen atoms in total. The molecule has 0 atom stereocenters. The molecule has 18 heavy (non-hydrogen) atoms. The lowest BCUT2D eigenvalue weighted by Gasteiger charge is -2.21. The highest BCUT2D eigenvalue weighted by atomic mass is 19.4. The van der Waals surface area contributed by atoms with Crippen molar-refractivity contribution in [3.63, 3.8) is 0 Å². The van der Waals surface area contributed by atoms with Gasteiger partial charge in [-0.25, -0.2) is 13.8 Å². The fraction of sp³-hybridized carbons (Fsp3) is 0.500. The second-order valence-corrected chi connectivity index (χ2v) is 3.65. The molecule has 0 saturated carbocycles. The van der Waals surface area contributed by atoms with Crippen LogP contribution in [0.3, 0.4) is 0 Å². The summed E-state index contributed by atoms with van der Waals surface area (Å²) >= 11 is 0. The minimum Gasteiger partial charge on any atom is -0.354 e. The zero-order valence-electron chi connectivity index (χ0n) is 9.51. The molecule has 0 bridgehead atoms. The van der Waals surface area contributed by atoms with Gasteiger partial charge in [-0.1, -0.05) is 6.07 Å². The lowest BCUT2D eigenvalue weighted by molar-refractivity contribution is -0.141. The van der Waals surface area contributed by atoms with Gasteiger partial charge in [-0.3, -0.25) is 0 Å². The molecule has 0 aliphatic rings. The first-order chi connectivity index (χ1) is 8.25. The number of nitrogens with zero attached hydrogens (tertiary/aromatic N) is 2. The van der Waals surface area contributed by atoms with Crippen molar-refractivity contribution in [2.75, 3.05) is 18.5 Å². The summed E-state index contributed by atoms with van der Waals surface area (Å²) < 4.78 is 61.8. The minimum absolute atomic E-state index is 0.0753. The highest BCUT2D eigenvalue weighted by Crippen LogP contribution is 2.30. The van der Waals surface area contributed by atoms with Crippen LogP contribution in [-0.2, 0) is 12.7 Å². The van der Waals surface area contributed by atoms with Gasteiger partial charge in [0.15, 0.2) is 0 Å². The van der Waals surface area contributed by atoms with Gasteiger partial charge >= 0.3 is 6.18 Å². The first-order valence-electron chi connectivity index (χ1n) is 5.02. The Kier molecular flexibility index (Phi) is 4.44. The Hall–Kier alpha value is -1.44. The van der Waals surface area contributed by atoms with Gasteiger partial charge in [0.1, 0.15) is 11.5 Å². The zero-order valence-corrected chi connectivity index (χ0v) is 9.51. The number of hydrogen-bond acceptors (Lipinski definition) is 3. The molecule has 0 aromatic carbocycles. The summed E-state index contributed by atoms with van der Waals surface area (Å²) in [4.78, 5) is 4.32. The van der Waals surface area contributed by atoms with Gasteiger partial charge < -0.3 is 10.6 Å². The van der Waals surface area contributed by atoms with Crippen LogP contribution in [0, 0.1) is 0 Å². The van der Waals surface area contributed by atoms with Gasteiger partial charge in [-0.05, 0) is 6.07 Å². The van der Waals surface area contributed by atoms with Crippen molar-refractivity contribution >= 4 is 5.82 Å². The molecule has 1 rings (SSSR count). The third kappa shape index (κ3) is 3.52. The van der Waals surface area contributed by atoms with Crippen molar-refractivity contribution in [3.05, 3.63) is 23.4 Å². The van der Waals surface area contributed by atoms with Gasteiger partial charge in [-0.2, -0.15) is 13.2 Å². The molecule has 0 radical (unpaired) electrons. The highest BCUT2D eigenvalue weighted by Gasteiger charge is 2.33. The van der Waals surface area contributed by atoms with E-state index in [4.69, 9.17) is 5.73 Å². The summed E-state index contributed by atoms with van der Waals surface area (Å²) in [5, 5.41) is 0. The highest BCUT2D eigenvalue weighted by molar-refractivity contribution is 5.47. The SMILES string of the molecule is CN(CC(F)F)c1nc(C(F)(F)F)ccc1CN. The molecule has 1 heterocycles. The molecule has 8 heteroatoms. The maximum Gasteiger partial charge on any atom is 0.433 e. The molecule has 1 aromatic heterocycles. The summed E-state index contributed by atoms with van der Waals surface area (Å²) in [7, 11) is 1.24. The predicted molar refractivity (Wildman–Crippen MR) is 56.4 cm³/mol. The van der Waals surface area contributed by atoms with Crippen molar-refractivity contribution in [1.82, 2.24) is 4.98 Å². The van der Waals surface area contributed by atoms with Crippen LogP contribution in [0.5, 0.6) is 0 Å². The van der Waals surface area contributed by atoms with Gasteiger partial charge in [0.25, 0.3) is 6.43 Å². The van der Waals surface area contributed by atoms with Crippen LogP contribution >= 0.6 is 0 Å². The average Bonchev–Trinajstić information content (AvgIpc) is 2.26. The van der Waals surface area contributed by atoms with E-state index < -0.39 is 24.8 Å². The van der Waals surface area contributed by atoms with Gasteiger partial charge in [0.05, 0.1) is 6.54 Å². The summed E-state index contributed by atoms with van der Waals surface area (Å²) in [6.07, 6.45) is -7.29. The van der Waals surface area contributed by atoms with Crippen LogP contribution in [-0.4, -0.2) is 25.0 Å². The van der Waals surface area contributed by atoms with E-state index in [9.17, 15) is 22.0 Å². The Balaban J connectivity index is 3.14. The molecule has 0 spiro atoms. The maximum absolute atomic E-state index is 12.5. The Labute approximate surface area is 100 Å². The Morgan fingerprint density at radius 1 is 1.33 bits per heavy atom. The largest absolute Gasteiger partial charge is 0.433 e. The predicted octanol–water partition coefficient (Wildman–Crippen LogP) is 2.26. The topological polar surface area (TPSA) is 42.2 Å². The number of halogens is 5. The molecule has 0 aliphatic carbocycles. The summed E-state index contributed by atoms with van der Waals surface area (Å²) in [6.45, 7) is -0.782. The second-order valence-electron chi connectivity index (χ2n) is 3.65. The van der Waals surface area contributed by atoms with Crippen molar-refractivity contribution < 1.29 is 22.0 Å². The van der Waals surface area contributed by atoms with E-state index >= 15 is 0 Å². The number of rotatable bonds is 4. The van der Waals surface area contributed by atoms with Crippen molar-refractivity contribution in [2.24, 2.45) is 5.73 Å². The van der Waals surface area contributed by atoms with E-state index in [-0.39, 0.29) is 17.9 Å². The van der Waals surface area contributed by atoms with Gasteiger partial charge in [0.2, 0.25) is 0 Å². The number of anilines is 1. The van der Waals surface area contributed by atoms with Gasteiger partial charge in [0, 0.05) is 19.2 Å². The van der Waals surface area contributed by atoms with Crippen LogP contribution in [0.4, 0.5) is 27.8 Å². The monoisotopic (exact) mass is 269 g/mol. The van der Waals surface area contributed by atoms with E-state index in [0.717, 1.165) is 17.0 Å². The van der Waals surface area contributed by atoms with Crippen LogP contribution in [0.2, 0.25) is 0 Å². The number of pyridine rings is 1.